The van der Waals surface area contributed by atoms with Gasteiger partial charge in [0.25, 0.3) is 11.8 Å². The fraction of sp³-hybridized carbons (Fsp3) is 0.385. The molecule has 0 N–H and O–H groups in total. The second kappa shape index (κ2) is 4.24. The molecule has 3 rings (SSSR count). The predicted molar refractivity (Wildman–Crippen MR) is 76.6 cm³/mol. The Morgan fingerprint density at radius 1 is 1.05 bits per heavy atom. The van der Waals surface area contributed by atoms with E-state index in [1.54, 1.807) is 16.8 Å². The van der Waals surface area contributed by atoms with E-state index in [1.807, 2.05) is 18.2 Å². The Labute approximate surface area is 118 Å². The summed E-state index contributed by atoms with van der Waals surface area (Å²) in [7, 11) is -1.84. The molecule has 2 aliphatic heterocycles. The molecule has 0 saturated carbocycles. The van der Waals surface area contributed by atoms with Gasteiger partial charge in [0, 0.05) is 0 Å². The minimum atomic E-state index is -1.84. The van der Waals surface area contributed by atoms with Crippen LogP contribution in [0.1, 0.15) is 0 Å². The van der Waals surface area contributed by atoms with Crippen LogP contribution in [0.2, 0.25) is 19.6 Å². The number of fused-ring (bicyclic) bond motifs is 1. The molecular weight excluding hydrogens is 272 g/mol. The Hall–Kier alpha value is -2.02. The second-order valence-corrected chi connectivity index (χ2v) is 10.8. The summed E-state index contributed by atoms with van der Waals surface area (Å²) in [5, 5.41) is 8.10. The third-order valence-corrected chi connectivity index (χ3v) is 5.23. The van der Waals surface area contributed by atoms with Crippen molar-refractivity contribution < 1.29 is 9.59 Å². The molecular formula is C13H16N4O2Si. The highest BCUT2D eigenvalue weighted by Gasteiger charge is 2.56. The first kappa shape index (κ1) is 13.0. The number of benzene rings is 1. The lowest BCUT2D eigenvalue weighted by Crippen LogP contribution is -2.51. The van der Waals surface area contributed by atoms with E-state index in [9.17, 15) is 9.59 Å². The first-order valence-electron chi connectivity index (χ1n) is 6.54. The van der Waals surface area contributed by atoms with Crippen molar-refractivity contribution in [2.24, 2.45) is 10.3 Å². The number of carbonyl (C=O) groups excluding carboxylic acids is 2. The van der Waals surface area contributed by atoms with Crippen molar-refractivity contribution in [3.8, 4) is 0 Å². The van der Waals surface area contributed by atoms with E-state index < -0.39 is 20.3 Å². The number of hydrogen-bond donors (Lipinski definition) is 0. The van der Waals surface area contributed by atoms with Crippen molar-refractivity contribution in [1.82, 2.24) is 4.67 Å². The SMILES string of the molecule is C[Si](C)(C)N1N=N[C@@H]2C(=O)N(c3ccccc3)C(=O)[C@H]21. The highest BCUT2D eigenvalue weighted by atomic mass is 28.3. The van der Waals surface area contributed by atoms with E-state index >= 15 is 0 Å². The maximum absolute atomic E-state index is 12.6. The first-order chi connectivity index (χ1) is 9.41. The molecule has 0 aromatic heterocycles. The molecule has 2 aliphatic rings. The van der Waals surface area contributed by atoms with Crippen LogP contribution in [0.4, 0.5) is 5.69 Å². The Balaban J connectivity index is 1.98. The second-order valence-electron chi connectivity index (χ2n) is 5.96. The highest BCUT2D eigenvalue weighted by molar-refractivity contribution is 6.73. The van der Waals surface area contributed by atoms with E-state index in [-0.39, 0.29) is 11.8 Å². The van der Waals surface area contributed by atoms with E-state index in [0.717, 1.165) is 0 Å². The number of nitrogens with zero attached hydrogens (tertiary/aromatic N) is 4. The predicted octanol–water partition coefficient (Wildman–Crippen LogP) is 1.81. The molecule has 104 valence electrons. The van der Waals surface area contributed by atoms with Gasteiger partial charge in [-0.2, -0.15) is 5.11 Å². The van der Waals surface area contributed by atoms with Crippen LogP contribution in [0.3, 0.4) is 0 Å². The zero-order chi connectivity index (χ0) is 14.5. The monoisotopic (exact) mass is 288 g/mol. The Morgan fingerprint density at radius 2 is 1.70 bits per heavy atom. The summed E-state index contributed by atoms with van der Waals surface area (Å²) >= 11 is 0. The van der Waals surface area contributed by atoms with E-state index in [4.69, 9.17) is 0 Å². The number of hydrogen-bond acceptors (Lipinski definition) is 5. The van der Waals surface area contributed by atoms with Crippen molar-refractivity contribution in [1.29, 1.82) is 0 Å². The summed E-state index contributed by atoms with van der Waals surface area (Å²) in [6.07, 6.45) is 0. The largest absolute Gasteiger partial charge is 0.292 e. The number of rotatable bonds is 2. The molecule has 2 heterocycles. The van der Waals surface area contributed by atoms with Crippen molar-refractivity contribution in [3.63, 3.8) is 0 Å². The van der Waals surface area contributed by atoms with Crippen LogP contribution in [0, 0.1) is 0 Å². The van der Waals surface area contributed by atoms with Gasteiger partial charge in [0.1, 0.15) is 0 Å². The quantitative estimate of drug-likeness (QED) is 0.616. The fourth-order valence-corrected chi connectivity index (χ4v) is 3.95. The van der Waals surface area contributed by atoms with Gasteiger partial charge in [-0.15, -0.1) is 0 Å². The van der Waals surface area contributed by atoms with Crippen LogP contribution in [0.15, 0.2) is 40.7 Å². The summed E-state index contributed by atoms with van der Waals surface area (Å²) in [6, 6.07) is 7.73. The molecule has 0 aliphatic carbocycles. The van der Waals surface area contributed by atoms with Crippen molar-refractivity contribution in [3.05, 3.63) is 30.3 Å². The van der Waals surface area contributed by atoms with Gasteiger partial charge in [-0.3, -0.25) is 14.3 Å². The van der Waals surface area contributed by atoms with Crippen molar-refractivity contribution >= 4 is 25.7 Å². The van der Waals surface area contributed by atoms with Crippen LogP contribution in [0.5, 0.6) is 0 Å². The first-order valence-corrected chi connectivity index (χ1v) is 9.99. The molecule has 7 heteroatoms. The van der Waals surface area contributed by atoms with Crippen molar-refractivity contribution in [2.75, 3.05) is 4.90 Å². The zero-order valence-electron chi connectivity index (χ0n) is 11.6. The lowest BCUT2D eigenvalue weighted by molar-refractivity contribution is -0.122. The summed E-state index contributed by atoms with van der Waals surface area (Å²) < 4.78 is 1.76. The lowest BCUT2D eigenvalue weighted by Gasteiger charge is -2.31. The highest BCUT2D eigenvalue weighted by Crippen LogP contribution is 2.34. The van der Waals surface area contributed by atoms with Gasteiger partial charge in [0.2, 0.25) is 0 Å². The summed E-state index contributed by atoms with van der Waals surface area (Å²) in [4.78, 5) is 26.3. The normalized spacial score (nSPS) is 25.6. The molecule has 0 radical (unpaired) electrons. The van der Waals surface area contributed by atoms with Crippen LogP contribution < -0.4 is 4.90 Å². The number of para-hydroxylation sites is 1. The average Bonchev–Trinajstić information content (AvgIpc) is 2.92. The van der Waals surface area contributed by atoms with Crippen LogP contribution >= 0.6 is 0 Å². The summed E-state index contributed by atoms with van der Waals surface area (Å²) in [6.45, 7) is 6.24. The third kappa shape index (κ3) is 1.77. The fourth-order valence-electron chi connectivity index (χ4n) is 2.54. The molecule has 0 bridgehead atoms. The van der Waals surface area contributed by atoms with Crippen LogP contribution in [-0.2, 0) is 9.59 Å². The van der Waals surface area contributed by atoms with Crippen LogP contribution in [0.25, 0.3) is 0 Å². The summed E-state index contributed by atoms with van der Waals surface area (Å²) in [5.41, 5.74) is 0.600. The molecule has 1 fully saturated rings. The maximum Gasteiger partial charge on any atom is 0.263 e. The zero-order valence-corrected chi connectivity index (χ0v) is 12.6. The van der Waals surface area contributed by atoms with Gasteiger partial charge in [-0.25, -0.2) is 4.90 Å². The van der Waals surface area contributed by atoms with Gasteiger partial charge >= 0.3 is 0 Å². The Kier molecular flexibility index (Phi) is 2.75. The van der Waals surface area contributed by atoms with Crippen molar-refractivity contribution in [2.45, 2.75) is 31.7 Å². The molecule has 2 atom stereocenters. The number of carbonyl (C=O) groups is 2. The van der Waals surface area contributed by atoms with E-state index in [2.05, 4.69) is 30.0 Å². The molecule has 1 saturated heterocycles. The molecule has 20 heavy (non-hydrogen) atoms. The molecule has 2 amide bonds. The molecule has 0 spiro atoms. The third-order valence-electron chi connectivity index (χ3n) is 3.48. The Bertz CT molecular complexity index is 596. The van der Waals surface area contributed by atoms with E-state index in [0.29, 0.717) is 5.69 Å². The number of imide groups is 1. The topological polar surface area (TPSA) is 65.3 Å². The average molecular weight is 288 g/mol. The molecule has 0 unspecified atom stereocenters. The maximum atomic E-state index is 12.6. The standard InChI is InChI=1S/C13H16N4O2Si/c1-20(2,3)17-11-10(14-15-17)12(18)16(13(11)19)9-7-5-4-6-8-9/h4-8,10-11H,1-3H3/t10-,11-/m0/s1. The lowest BCUT2D eigenvalue weighted by atomic mass is 10.2. The molecule has 6 nitrogen and oxygen atoms in total. The smallest absolute Gasteiger partial charge is 0.263 e. The molecule has 1 aromatic carbocycles. The van der Waals surface area contributed by atoms with Crippen LogP contribution in [-0.4, -0.2) is 36.8 Å². The minimum Gasteiger partial charge on any atom is -0.292 e. The van der Waals surface area contributed by atoms with Gasteiger partial charge in [0.05, 0.1) is 5.69 Å². The van der Waals surface area contributed by atoms with Gasteiger partial charge in [-0.05, 0) is 12.1 Å². The molecule has 1 aromatic rings. The minimum absolute atomic E-state index is 0.223. The number of anilines is 1. The Morgan fingerprint density at radius 3 is 2.30 bits per heavy atom. The van der Waals surface area contributed by atoms with Gasteiger partial charge < -0.3 is 0 Å². The van der Waals surface area contributed by atoms with E-state index in [1.165, 1.54) is 4.90 Å². The summed E-state index contributed by atoms with van der Waals surface area (Å²) in [5.74, 6) is -0.505. The van der Waals surface area contributed by atoms with Gasteiger partial charge in [-0.1, -0.05) is 43.1 Å². The van der Waals surface area contributed by atoms with Gasteiger partial charge in [0.15, 0.2) is 20.3 Å². The number of amides is 2.